The lowest BCUT2D eigenvalue weighted by Gasteiger charge is -2.09. The minimum absolute atomic E-state index is 0.336. The van der Waals surface area contributed by atoms with Crippen molar-refractivity contribution in [2.24, 2.45) is 0 Å². The fourth-order valence-electron chi connectivity index (χ4n) is 1.87. The van der Waals surface area contributed by atoms with E-state index in [1.54, 1.807) is 31.2 Å². The van der Waals surface area contributed by atoms with E-state index in [9.17, 15) is 8.42 Å². The van der Waals surface area contributed by atoms with Crippen LogP contribution in [0.4, 0.5) is 0 Å². The van der Waals surface area contributed by atoms with Crippen molar-refractivity contribution >= 4 is 15.4 Å². The lowest BCUT2D eigenvalue weighted by molar-refractivity contribution is 0.602. The standard InChI is InChI=1S/C16H16O2S/c1-13(15-9-5-3-6-10-15)14(2)19(17,18)16-11-7-4-8-12-16/h3-12H,1-2H3. The second-order valence-corrected chi connectivity index (χ2v) is 6.45. The highest BCUT2D eigenvalue weighted by Crippen LogP contribution is 2.26. The van der Waals surface area contributed by atoms with Crippen molar-refractivity contribution in [1.29, 1.82) is 0 Å². The SMILES string of the molecule is CC(=C(C)S(=O)(=O)c1ccccc1)c1ccccc1. The zero-order valence-electron chi connectivity index (χ0n) is 11.0. The molecule has 0 spiro atoms. The molecule has 0 aromatic heterocycles. The summed E-state index contributed by atoms with van der Waals surface area (Å²) in [6, 6.07) is 18.1. The molecule has 0 bridgehead atoms. The molecule has 3 heteroatoms. The Morgan fingerprint density at radius 2 is 1.26 bits per heavy atom. The van der Waals surface area contributed by atoms with Gasteiger partial charge in [-0.3, -0.25) is 0 Å². The van der Waals surface area contributed by atoms with Gasteiger partial charge in [0.2, 0.25) is 9.84 Å². The summed E-state index contributed by atoms with van der Waals surface area (Å²) in [6.07, 6.45) is 0. The zero-order chi connectivity index (χ0) is 13.9. The van der Waals surface area contributed by atoms with E-state index in [-0.39, 0.29) is 0 Å². The van der Waals surface area contributed by atoms with Crippen molar-refractivity contribution in [1.82, 2.24) is 0 Å². The number of rotatable bonds is 3. The summed E-state index contributed by atoms with van der Waals surface area (Å²) in [7, 11) is -3.41. The molecule has 0 saturated carbocycles. The van der Waals surface area contributed by atoms with Crippen LogP contribution in [0.25, 0.3) is 5.57 Å². The summed E-state index contributed by atoms with van der Waals surface area (Å²) >= 11 is 0. The fourth-order valence-corrected chi connectivity index (χ4v) is 3.26. The average molecular weight is 272 g/mol. The highest BCUT2D eigenvalue weighted by Gasteiger charge is 2.19. The minimum atomic E-state index is -3.41. The molecule has 0 aliphatic carbocycles. The van der Waals surface area contributed by atoms with Gasteiger partial charge in [0.1, 0.15) is 0 Å². The van der Waals surface area contributed by atoms with Crippen LogP contribution >= 0.6 is 0 Å². The first kappa shape index (κ1) is 13.6. The van der Waals surface area contributed by atoms with E-state index in [1.165, 1.54) is 0 Å². The number of hydrogen-bond acceptors (Lipinski definition) is 2. The van der Waals surface area contributed by atoms with Crippen molar-refractivity contribution in [2.75, 3.05) is 0 Å². The largest absolute Gasteiger partial charge is 0.219 e. The van der Waals surface area contributed by atoms with E-state index >= 15 is 0 Å². The molecule has 0 atom stereocenters. The van der Waals surface area contributed by atoms with E-state index in [0.29, 0.717) is 9.80 Å². The monoisotopic (exact) mass is 272 g/mol. The van der Waals surface area contributed by atoms with Gasteiger partial charge >= 0.3 is 0 Å². The Bertz CT molecular complexity index is 684. The Morgan fingerprint density at radius 1 is 0.789 bits per heavy atom. The summed E-state index contributed by atoms with van der Waals surface area (Å²) in [5, 5.41) is 0. The molecular formula is C16H16O2S. The fraction of sp³-hybridized carbons (Fsp3) is 0.125. The molecule has 98 valence electrons. The third-order valence-corrected chi connectivity index (χ3v) is 5.20. The maximum atomic E-state index is 12.5. The summed E-state index contributed by atoms with van der Waals surface area (Å²) in [4.78, 5) is 0.729. The van der Waals surface area contributed by atoms with Crippen LogP contribution in [0.2, 0.25) is 0 Å². The number of hydrogen-bond donors (Lipinski definition) is 0. The topological polar surface area (TPSA) is 34.1 Å². The van der Waals surface area contributed by atoms with Gasteiger partial charge in [0.25, 0.3) is 0 Å². The number of sulfone groups is 1. The normalized spacial score (nSPS) is 12.9. The molecular weight excluding hydrogens is 256 g/mol. The van der Waals surface area contributed by atoms with Gasteiger partial charge in [0.15, 0.2) is 0 Å². The Kier molecular flexibility index (Phi) is 3.86. The zero-order valence-corrected chi connectivity index (χ0v) is 11.8. The van der Waals surface area contributed by atoms with Crippen molar-refractivity contribution in [3.8, 4) is 0 Å². The second kappa shape index (κ2) is 5.41. The predicted molar refractivity (Wildman–Crippen MR) is 78.3 cm³/mol. The summed E-state index contributed by atoms with van der Waals surface area (Å²) < 4.78 is 25.0. The van der Waals surface area contributed by atoms with E-state index in [1.807, 2.05) is 43.3 Å². The van der Waals surface area contributed by atoms with Gasteiger partial charge in [-0.15, -0.1) is 0 Å². The van der Waals surface area contributed by atoms with Crippen LogP contribution in [0, 0.1) is 0 Å². The lowest BCUT2D eigenvalue weighted by atomic mass is 10.1. The van der Waals surface area contributed by atoms with Crippen LogP contribution in [0.1, 0.15) is 19.4 Å². The van der Waals surface area contributed by atoms with Gasteiger partial charge in [0, 0.05) is 4.91 Å². The molecule has 2 rings (SSSR count). The molecule has 19 heavy (non-hydrogen) atoms. The summed E-state index contributed by atoms with van der Waals surface area (Å²) in [5.74, 6) is 0. The van der Waals surface area contributed by atoms with Crippen LogP contribution in [-0.4, -0.2) is 8.42 Å². The molecule has 0 aliphatic heterocycles. The van der Waals surface area contributed by atoms with Crippen LogP contribution in [0.5, 0.6) is 0 Å². The second-order valence-electron chi connectivity index (χ2n) is 4.36. The van der Waals surface area contributed by atoms with Crippen molar-refractivity contribution in [3.63, 3.8) is 0 Å². The van der Waals surface area contributed by atoms with Crippen molar-refractivity contribution in [2.45, 2.75) is 18.7 Å². The first-order valence-corrected chi connectivity index (χ1v) is 7.55. The molecule has 0 fully saturated rings. The Morgan fingerprint density at radius 3 is 1.79 bits per heavy atom. The van der Waals surface area contributed by atoms with Crippen molar-refractivity contribution < 1.29 is 8.42 Å². The molecule has 0 unspecified atom stereocenters. The van der Waals surface area contributed by atoms with Gasteiger partial charge in [-0.1, -0.05) is 48.5 Å². The van der Waals surface area contributed by atoms with Gasteiger partial charge in [0.05, 0.1) is 4.90 Å². The maximum absolute atomic E-state index is 12.5. The van der Waals surface area contributed by atoms with Crippen LogP contribution in [0.15, 0.2) is 70.5 Å². The van der Waals surface area contributed by atoms with Gasteiger partial charge in [-0.05, 0) is 37.1 Å². The molecule has 0 saturated heterocycles. The summed E-state index contributed by atoms with van der Waals surface area (Å²) in [5.41, 5.74) is 1.71. The number of benzene rings is 2. The Hall–Kier alpha value is -1.87. The van der Waals surface area contributed by atoms with Crippen LogP contribution < -0.4 is 0 Å². The molecule has 2 nitrogen and oxygen atoms in total. The molecule has 0 aliphatic rings. The minimum Gasteiger partial charge on any atom is -0.219 e. The molecule has 0 heterocycles. The van der Waals surface area contributed by atoms with Crippen LogP contribution in [0.3, 0.4) is 0 Å². The van der Waals surface area contributed by atoms with Crippen LogP contribution in [-0.2, 0) is 9.84 Å². The Labute approximate surface area is 114 Å². The lowest BCUT2D eigenvalue weighted by Crippen LogP contribution is -2.04. The van der Waals surface area contributed by atoms with Gasteiger partial charge < -0.3 is 0 Å². The molecule has 2 aromatic carbocycles. The molecule has 0 amide bonds. The first-order valence-electron chi connectivity index (χ1n) is 6.06. The first-order chi connectivity index (χ1) is 9.03. The molecule has 0 N–H and O–H groups in total. The van der Waals surface area contributed by atoms with E-state index in [4.69, 9.17) is 0 Å². The predicted octanol–water partition coefficient (Wildman–Crippen LogP) is 3.91. The molecule has 2 aromatic rings. The summed E-state index contributed by atoms with van der Waals surface area (Å²) in [6.45, 7) is 3.50. The highest BCUT2D eigenvalue weighted by molar-refractivity contribution is 7.95. The highest BCUT2D eigenvalue weighted by atomic mass is 32.2. The van der Waals surface area contributed by atoms with E-state index < -0.39 is 9.84 Å². The van der Waals surface area contributed by atoms with Gasteiger partial charge in [-0.2, -0.15) is 0 Å². The van der Waals surface area contributed by atoms with Gasteiger partial charge in [-0.25, -0.2) is 8.42 Å². The smallest absolute Gasteiger partial charge is 0.202 e. The van der Waals surface area contributed by atoms with Crippen molar-refractivity contribution in [3.05, 3.63) is 71.1 Å². The van der Waals surface area contributed by atoms with E-state index in [0.717, 1.165) is 11.1 Å². The Balaban J connectivity index is 2.53. The quantitative estimate of drug-likeness (QED) is 0.849. The molecule has 0 radical (unpaired) electrons. The average Bonchev–Trinajstić information content (AvgIpc) is 2.47. The third kappa shape index (κ3) is 2.76. The maximum Gasteiger partial charge on any atom is 0.202 e. The van der Waals surface area contributed by atoms with E-state index in [2.05, 4.69) is 0 Å². The third-order valence-electron chi connectivity index (χ3n) is 3.19. The number of allylic oxidation sites excluding steroid dienone is 2.